The highest BCUT2D eigenvalue weighted by molar-refractivity contribution is 7.25. The molecule has 286 valence electrons. The van der Waals surface area contributed by atoms with Crippen molar-refractivity contribution in [2.45, 2.75) is 0 Å². The number of hydrogen-bond acceptors (Lipinski definition) is 3. The molecule has 0 saturated carbocycles. The summed E-state index contributed by atoms with van der Waals surface area (Å²) in [7, 11) is 0. The summed E-state index contributed by atoms with van der Waals surface area (Å²) in [6.07, 6.45) is 0. The number of fused-ring (bicyclic) bond motifs is 8. The Morgan fingerprint density at radius 3 is 1.54 bits per heavy atom. The monoisotopic (exact) mass is 795 g/mol. The second-order valence-corrected chi connectivity index (χ2v) is 16.8. The molecule has 0 aliphatic heterocycles. The minimum atomic E-state index is 0.899. The number of anilines is 3. The summed E-state index contributed by atoms with van der Waals surface area (Å²) >= 11 is 1.86. The first-order valence-corrected chi connectivity index (χ1v) is 21.5. The molecule has 0 spiro atoms. The second kappa shape index (κ2) is 14.5. The molecule has 10 aromatic carbocycles. The first-order chi connectivity index (χ1) is 30.2. The molecular formula is C58H37NOS. The number of thiophene rings is 1. The number of rotatable bonds is 7. The Bertz CT molecular complexity index is 3550. The zero-order valence-corrected chi connectivity index (χ0v) is 33.9. The maximum Gasteiger partial charge on any atom is 0.143 e. The number of hydrogen-bond donors (Lipinski definition) is 0. The second-order valence-electron chi connectivity index (χ2n) is 15.7. The van der Waals surface area contributed by atoms with E-state index in [4.69, 9.17) is 4.42 Å². The Hall–Kier alpha value is -7.72. The molecule has 0 radical (unpaired) electrons. The Labute approximate surface area is 357 Å². The summed E-state index contributed by atoms with van der Waals surface area (Å²) in [4.78, 5) is 2.35. The summed E-state index contributed by atoms with van der Waals surface area (Å²) in [5.74, 6) is 0. The van der Waals surface area contributed by atoms with Crippen LogP contribution in [-0.2, 0) is 0 Å². The van der Waals surface area contributed by atoms with Gasteiger partial charge < -0.3 is 9.32 Å². The summed E-state index contributed by atoms with van der Waals surface area (Å²) in [5, 5.41) is 7.22. The predicted molar refractivity (Wildman–Crippen MR) is 261 cm³/mol. The summed E-state index contributed by atoms with van der Waals surface area (Å²) in [6, 6.07) is 81.1. The molecule has 0 aliphatic rings. The van der Waals surface area contributed by atoms with E-state index < -0.39 is 0 Å². The smallest absolute Gasteiger partial charge is 0.143 e. The predicted octanol–water partition coefficient (Wildman–Crippen LogP) is 17.2. The molecule has 2 nitrogen and oxygen atoms in total. The van der Waals surface area contributed by atoms with Crippen LogP contribution >= 0.6 is 11.3 Å². The Kier molecular flexibility index (Phi) is 8.39. The number of benzene rings is 10. The molecule has 2 heterocycles. The maximum absolute atomic E-state index is 6.54. The fraction of sp³-hybridized carbons (Fsp3) is 0. The van der Waals surface area contributed by atoms with Gasteiger partial charge in [0.25, 0.3) is 0 Å². The molecule has 0 atom stereocenters. The van der Waals surface area contributed by atoms with Crippen LogP contribution in [0.2, 0.25) is 0 Å². The van der Waals surface area contributed by atoms with Gasteiger partial charge in [0.15, 0.2) is 0 Å². The van der Waals surface area contributed by atoms with Gasteiger partial charge in [0.2, 0.25) is 0 Å². The van der Waals surface area contributed by atoms with Crippen LogP contribution in [0.25, 0.3) is 97.4 Å². The average molecular weight is 796 g/mol. The van der Waals surface area contributed by atoms with Crippen LogP contribution in [0, 0.1) is 0 Å². The summed E-state index contributed by atoms with van der Waals surface area (Å²) < 4.78 is 9.18. The van der Waals surface area contributed by atoms with Crippen molar-refractivity contribution in [3.8, 4) is 44.5 Å². The topological polar surface area (TPSA) is 16.4 Å². The summed E-state index contributed by atoms with van der Waals surface area (Å²) in [5.41, 5.74) is 14.6. The first kappa shape index (κ1) is 35.2. The maximum atomic E-state index is 6.54. The quantitative estimate of drug-likeness (QED) is 0.160. The lowest BCUT2D eigenvalue weighted by molar-refractivity contribution is 0.673. The van der Waals surface area contributed by atoms with E-state index in [1.807, 2.05) is 11.3 Å². The molecule has 0 N–H and O–H groups in total. The normalized spacial score (nSPS) is 11.6. The van der Waals surface area contributed by atoms with Gasteiger partial charge in [-0.05, 0) is 117 Å². The molecule has 2 aromatic heterocycles. The minimum Gasteiger partial charge on any atom is -0.455 e. The van der Waals surface area contributed by atoms with Crippen molar-refractivity contribution in [3.05, 3.63) is 224 Å². The molecular weight excluding hydrogens is 759 g/mol. The molecule has 0 aliphatic carbocycles. The van der Waals surface area contributed by atoms with Crippen molar-refractivity contribution in [1.82, 2.24) is 0 Å². The Morgan fingerprint density at radius 2 is 0.852 bits per heavy atom. The van der Waals surface area contributed by atoms with Gasteiger partial charge in [-0.15, -0.1) is 11.3 Å². The van der Waals surface area contributed by atoms with Gasteiger partial charge in [0, 0.05) is 53.4 Å². The molecule has 0 bridgehead atoms. The first-order valence-electron chi connectivity index (χ1n) is 20.7. The summed E-state index contributed by atoms with van der Waals surface area (Å²) in [6.45, 7) is 0. The molecule has 12 rings (SSSR count). The third-order valence-corrected chi connectivity index (χ3v) is 13.3. The van der Waals surface area contributed by atoms with Gasteiger partial charge in [0.05, 0.1) is 0 Å². The van der Waals surface area contributed by atoms with E-state index in [1.54, 1.807) is 0 Å². The van der Waals surface area contributed by atoms with Crippen molar-refractivity contribution in [2.24, 2.45) is 0 Å². The highest BCUT2D eigenvalue weighted by atomic mass is 32.1. The van der Waals surface area contributed by atoms with Gasteiger partial charge in [-0.25, -0.2) is 0 Å². The van der Waals surface area contributed by atoms with E-state index in [0.717, 1.165) is 55.5 Å². The third-order valence-electron chi connectivity index (χ3n) is 12.1. The van der Waals surface area contributed by atoms with E-state index in [2.05, 4.69) is 229 Å². The lowest BCUT2D eigenvalue weighted by Gasteiger charge is -2.26. The van der Waals surface area contributed by atoms with Crippen LogP contribution < -0.4 is 4.90 Å². The average Bonchev–Trinajstić information content (AvgIpc) is 3.91. The van der Waals surface area contributed by atoms with E-state index in [-0.39, 0.29) is 0 Å². The highest BCUT2D eigenvalue weighted by Gasteiger charge is 2.17. The minimum absolute atomic E-state index is 0.899. The molecule has 0 saturated heterocycles. The number of nitrogens with zero attached hydrogens (tertiary/aromatic N) is 1. The largest absolute Gasteiger partial charge is 0.455 e. The van der Waals surface area contributed by atoms with Crippen LogP contribution in [0.15, 0.2) is 229 Å². The third kappa shape index (κ3) is 6.18. The van der Waals surface area contributed by atoms with Crippen molar-refractivity contribution in [3.63, 3.8) is 0 Å². The van der Waals surface area contributed by atoms with Gasteiger partial charge in [-0.2, -0.15) is 0 Å². The SMILES string of the molecule is c1ccc(-c2ccc(-c3ccc(N(c4ccc(-c5ccc6sc7ccccc7c6c5)cc4)c4ccc(-c5cccc6oc7c8ccccc8ccc7c56)cc4)cc3)cc2)cc1. The lowest BCUT2D eigenvalue weighted by atomic mass is 9.97. The van der Waals surface area contributed by atoms with Crippen LogP contribution in [0.3, 0.4) is 0 Å². The fourth-order valence-corrected chi connectivity index (χ4v) is 10.1. The van der Waals surface area contributed by atoms with E-state index in [1.165, 1.54) is 58.9 Å². The number of furan rings is 1. The molecule has 61 heavy (non-hydrogen) atoms. The molecule has 0 fully saturated rings. The zero-order chi connectivity index (χ0) is 40.3. The highest BCUT2D eigenvalue weighted by Crippen LogP contribution is 2.43. The van der Waals surface area contributed by atoms with E-state index >= 15 is 0 Å². The standard InChI is InChI=1S/C58H37NOS/c1-2-9-38(10-3-1)39-17-19-40(20-18-39)41-21-29-46(30-22-41)59(47-31-23-42(24-32-47)45-28-36-56-53(37-45)51-13-6-7-16-55(51)61-56)48-33-25-44(26-34-48)49-14-8-15-54-57(49)52-35-27-43-11-4-5-12-50(43)58(52)60-54/h1-37H. The van der Waals surface area contributed by atoms with Gasteiger partial charge in [0.1, 0.15) is 11.2 Å². The molecule has 3 heteroatoms. The molecule has 0 unspecified atom stereocenters. The van der Waals surface area contributed by atoms with Crippen LogP contribution in [0.5, 0.6) is 0 Å². The van der Waals surface area contributed by atoms with Crippen molar-refractivity contribution >= 4 is 81.3 Å². The molecule has 12 aromatic rings. The van der Waals surface area contributed by atoms with E-state index in [0.29, 0.717) is 0 Å². The fourth-order valence-electron chi connectivity index (χ4n) is 9.03. The van der Waals surface area contributed by atoms with E-state index in [9.17, 15) is 0 Å². The van der Waals surface area contributed by atoms with Gasteiger partial charge in [-0.3, -0.25) is 0 Å². The zero-order valence-electron chi connectivity index (χ0n) is 33.1. The van der Waals surface area contributed by atoms with Gasteiger partial charge >= 0.3 is 0 Å². The van der Waals surface area contributed by atoms with Crippen molar-refractivity contribution in [2.75, 3.05) is 4.90 Å². The van der Waals surface area contributed by atoms with Crippen LogP contribution in [0.1, 0.15) is 0 Å². The van der Waals surface area contributed by atoms with Crippen LogP contribution in [-0.4, -0.2) is 0 Å². The van der Waals surface area contributed by atoms with Crippen molar-refractivity contribution < 1.29 is 4.42 Å². The van der Waals surface area contributed by atoms with Gasteiger partial charge in [-0.1, -0.05) is 158 Å². The lowest BCUT2D eigenvalue weighted by Crippen LogP contribution is -2.09. The Morgan fingerprint density at radius 1 is 0.328 bits per heavy atom. The van der Waals surface area contributed by atoms with Crippen molar-refractivity contribution in [1.29, 1.82) is 0 Å². The Balaban J connectivity index is 0.922. The van der Waals surface area contributed by atoms with Crippen LogP contribution in [0.4, 0.5) is 17.1 Å². The molecule has 0 amide bonds.